The molecule has 0 saturated carbocycles. The zero-order chi connectivity index (χ0) is 13.0. The molecule has 0 aliphatic carbocycles. The zero-order valence-corrected chi connectivity index (χ0v) is 11.2. The molecule has 0 spiro atoms. The Hall–Kier alpha value is 0.450. The Morgan fingerprint density at radius 2 is 1.82 bits per heavy atom. The molecule has 17 heavy (non-hydrogen) atoms. The van der Waals surface area contributed by atoms with Crippen LogP contribution in [0.2, 0.25) is 0 Å². The molecule has 102 valence electrons. The van der Waals surface area contributed by atoms with Crippen LogP contribution in [-0.2, 0) is 9.47 Å². The minimum atomic E-state index is -1.43. The van der Waals surface area contributed by atoms with Crippen molar-refractivity contribution in [3.05, 3.63) is 0 Å². The Balaban J connectivity index is 2.47. The summed E-state index contributed by atoms with van der Waals surface area (Å²) in [5.41, 5.74) is 0. The van der Waals surface area contributed by atoms with E-state index in [2.05, 4.69) is 0 Å². The van der Waals surface area contributed by atoms with Crippen LogP contribution in [0.25, 0.3) is 0 Å². The lowest BCUT2D eigenvalue weighted by atomic mass is 9.99. The molecule has 7 nitrogen and oxygen atoms in total. The molecule has 1 saturated heterocycles. The average Bonchev–Trinajstić information content (AvgIpc) is 2.29. The fourth-order valence-electron chi connectivity index (χ4n) is 1.49. The molecule has 5 N–H and O–H groups in total. The van der Waals surface area contributed by atoms with E-state index in [4.69, 9.17) is 19.7 Å². The third-order valence-electron chi connectivity index (χ3n) is 2.49. The standard InChI is InChI=1S/C9H17IO7/c10-5(12)1-2-16-9-8(15)7(14)6(13)4(3-11)17-9/h4-9,11-15H,1-3H2/t4?,5-,6?,7?,8?,9?/m0/s1. The van der Waals surface area contributed by atoms with Crippen molar-refractivity contribution in [2.24, 2.45) is 0 Å². The van der Waals surface area contributed by atoms with Crippen LogP contribution in [0.1, 0.15) is 6.42 Å². The van der Waals surface area contributed by atoms with Crippen LogP contribution < -0.4 is 0 Å². The molecule has 1 fully saturated rings. The van der Waals surface area contributed by atoms with Crippen LogP contribution in [0.4, 0.5) is 0 Å². The first-order valence-electron chi connectivity index (χ1n) is 5.21. The lowest BCUT2D eigenvalue weighted by molar-refractivity contribution is -0.301. The summed E-state index contributed by atoms with van der Waals surface area (Å²) in [6, 6.07) is 0. The monoisotopic (exact) mass is 364 g/mol. The summed E-state index contributed by atoms with van der Waals surface area (Å²) in [5.74, 6) is 0. The molecule has 0 aromatic carbocycles. The third-order valence-corrected chi connectivity index (χ3v) is 3.11. The second-order valence-electron chi connectivity index (χ2n) is 3.79. The summed E-state index contributed by atoms with van der Waals surface area (Å²) < 4.78 is 9.66. The molecule has 1 rings (SSSR count). The van der Waals surface area contributed by atoms with Gasteiger partial charge in [0, 0.05) is 6.42 Å². The molecule has 1 aliphatic heterocycles. The predicted molar refractivity (Wildman–Crippen MR) is 64.4 cm³/mol. The van der Waals surface area contributed by atoms with Gasteiger partial charge in [0.2, 0.25) is 0 Å². The molecule has 0 radical (unpaired) electrons. The van der Waals surface area contributed by atoms with E-state index in [1.807, 2.05) is 0 Å². The highest BCUT2D eigenvalue weighted by molar-refractivity contribution is 14.1. The van der Waals surface area contributed by atoms with Gasteiger partial charge in [0.1, 0.15) is 28.5 Å². The molecule has 8 heteroatoms. The Labute approximate surface area is 112 Å². The largest absolute Gasteiger partial charge is 0.394 e. The van der Waals surface area contributed by atoms with Crippen molar-refractivity contribution >= 4 is 22.6 Å². The SMILES string of the molecule is OCC1OC(OCC[C@H](O)I)C(O)C(O)C1O. The molecule has 0 bridgehead atoms. The Morgan fingerprint density at radius 1 is 1.18 bits per heavy atom. The first-order valence-corrected chi connectivity index (χ1v) is 6.46. The second kappa shape index (κ2) is 7.14. The third kappa shape index (κ3) is 4.24. The van der Waals surface area contributed by atoms with Crippen molar-refractivity contribution in [3.63, 3.8) is 0 Å². The summed E-state index contributed by atoms with van der Waals surface area (Å²) >= 11 is 1.80. The van der Waals surface area contributed by atoms with E-state index >= 15 is 0 Å². The minimum Gasteiger partial charge on any atom is -0.394 e. The van der Waals surface area contributed by atoms with Gasteiger partial charge >= 0.3 is 0 Å². The molecular weight excluding hydrogens is 347 g/mol. The van der Waals surface area contributed by atoms with Crippen LogP contribution in [0.3, 0.4) is 0 Å². The van der Waals surface area contributed by atoms with Gasteiger partial charge in [-0.25, -0.2) is 0 Å². The summed E-state index contributed by atoms with van der Waals surface area (Å²) in [5, 5.41) is 46.5. The Morgan fingerprint density at radius 3 is 2.35 bits per heavy atom. The van der Waals surface area contributed by atoms with Gasteiger partial charge in [-0.05, 0) is 0 Å². The first-order chi connectivity index (χ1) is 7.97. The summed E-state index contributed by atoms with van der Waals surface area (Å²) in [4.78, 5) is 0. The van der Waals surface area contributed by atoms with Crippen LogP contribution in [0.15, 0.2) is 0 Å². The van der Waals surface area contributed by atoms with Gasteiger partial charge in [-0.1, -0.05) is 22.6 Å². The number of halogens is 1. The maximum Gasteiger partial charge on any atom is 0.186 e. The van der Waals surface area contributed by atoms with Crippen molar-refractivity contribution in [1.82, 2.24) is 0 Å². The van der Waals surface area contributed by atoms with Gasteiger partial charge in [-0.2, -0.15) is 0 Å². The number of ether oxygens (including phenoxy) is 2. The maximum absolute atomic E-state index is 9.58. The fraction of sp³-hybridized carbons (Fsp3) is 1.00. The Kier molecular flexibility index (Phi) is 6.51. The lowest BCUT2D eigenvalue weighted by Crippen LogP contribution is -2.59. The van der Waals surface area contributed by atoms with Crippen molar-refractivity contribution in [1.29, 1.82) is 0 Å². The molecular formula is C9H17IO7. The molecule has 1 aliphatic rings. The minimum absolute atomic E-state index is 0.132. The van der Waals surface area contributed by atoms with Gasteiger partial charge in [-0.15, -0.1) is 0 Å². The van der Waals surface area contributed by atoms with E-state index in [9.17, 15) is 15.3 Å². The first kappa shape index (κ1) is 15.5. The van der Waals surface area contributed by atoms with Crippen molar-refractivity contribution < 1.29 is 35.0 Å². The van der Waals surface area contributed by atoms with Crippen LogP contribution >= 0.6 is 22.6 Å². The molecule has 5 unspecified atom stereocenters. The van der Waals surface area contributed by atoms with Crippen molar-refractivity contribution in [3.8, 4) is 0 Å². The summed E-state index contributed by atoms with van der Waals surface area (Å²) in [7, 11) is 0. The molecule has 1 heterocycles. The average molecular weight is 364 g/mol. The topological polar surface area (TPSA) is 120 Å². The quantitative estimate of drug-likeness (QED) is 0.281. The smallest absolute Gasteiger partial charge is 0.186 e. The van der Waals surface area contributed by atoms with E-state index in [0.29, 0.717) is 6.42 Å². The second-order valence-corrected chi connectivity index (χ2v) is 5.23. The lowest BCUT2D eigenvalue weighted by Gasteiger charge is -2.39. The highest BCUT2D eigenvalue weighted by atomic mass is 127. The number of aliphatic hydroxyl groups excluding tert-OH is 5. The Bertz CT molecular complexity index is 225. The number of alkyl halides is 1. The summed E-state index contributed by atoms with van der Waals surface area (Å²) in [6.45, 7) is -0.355. The van der Waals surface area contributed by atoms with Crippen LogP contribution in [-0.4, -0.2) is 73.6 Å². The fourth-order valence-corrected chi connectivity index (χ4v) is 1.74. The summed E-state index contributed by atoms with van der Waals surface area (Å²) in [6.07, 6.45) is -5.96. The van der Waals surface area contributed by atoms with E-state index in [1.54, 1.807) is 22.6 Å². The maximum atomic E-state index is 9.58. The van der Waals surface area contributed by atoms with Gasteiger partial charge in [0.25, 0.3) is 0 Å². The van der Waals surface area contributed by atoms with Crippen LogP contribution in [0, 0.1) is 0 Å². The van der Waals surface area contributed by atoms with Gasteiger partial charge in [0.15, 0.2) is 6.29 Å². The van der Waals surface area contributed by atoms with Gasteiger partial charge < -0.3 is 35.0 Å². The normalized spacial score (nSPS) is 40.2. The van der Waals surface area contributed by atoms with Gasteiger partial charge in [0.05, 0.1) is 13.2 Å². The number of aliphatic hydroxyl groups is 5. The van der Waals surface area contributed by atoms with Crippen molar-refractivity contribution in [2.45, 2.75) is 41.2 Å². The zero-order valence-electron chi connectivity index (χ0n) is 9.02. The number of hydrogen-bond donors (Lipinski definition) is 5. The van der Waals surface area contributed by atoms with Crippen LogP contribution in [0.5, 0.6) is 0 Å². The molecule has 6 atom stereocenters. The number of rotatable bonds is 5. The molecule has 0 aromatic rings. The highest BCUT2D eigenvalue weighted by Gasteiger charge is 2.43. The van der Waals surface area contributed by atoms with E-state index in [-0.39, 0.29) is 6.61 Å². The van der Waals surface area contributed by atoms with E-state index in [1.165, 1.54) is 0 Å². The molecule has 0 aromatic heterocycles. The van der Waals surface area contributed by atoms with Crippen molar-refractivity contribution in [2.75, 3.05) is 13.2 Å². The molecule has 0 amide bonds. The van der Waals surface area contributed by atoms with Gasteiger partial charge in [-0.3, -0.25) is 0 Å². The highest BCUT2D eigenvalue weighted by Crippen LogP contribution is 2.22. The number of hydrogen-bond acceptors (Lipinski definition) is 7. The van der Waals surface area contributed by atoms with E-state index in [0.717, 1.165) is 0 Å². The van der Waals surface area contributed by atoms with E-state index < -0.39 is 41.4 Å². The predicted octanol–water partition coefficient (Wildman–Crippen LogP) is -2.05.